The normalized spacial score (nSPS) is 12.9. The average molecular weight is 817 g/mol. The van der Waals surface area contributed by atoms with Gasteiger partial charge >= 0.3 is 0 Å². The van der Waals surface area contributed by atoms with Crippen LogP contribution in [0.5, 0.6) is 0 Å². The molecule has 8 aromatic carbocycles. The third kappa shape index (κ3) is 5.77. The van der Waals surface area contributed by atoms with Crippen molar-refractivity contribution in [3.63, 3.8) is 0 Å². The summed E-state index contributed by atoms with van der Waals surface area (Å²) < 4.78 is 0. The molecule has 0 atom stereocenters. The quantitative estimate of drug-likeness (QED) is 0.137. The van der Waals surface area contributed by atoms with E-state index in [-0.39, 0.29) is 0 Å². The van der Waals surface area contributed by atoms with Gasteiger partial charge in [0.1, 0.15) is 0 Å². The van der Waals surface area contributed by atoms with Crippen molar-refractivity contribution in [2.24, 2.45) is 0 Å². The first-order valence-electron chi connectivity index (χ1n) is 21.9. The molecular formula is C60H40N4. The first kappa shape index (κ1) is 36.1. The Morgan fingerprint density at radius 1 is 0.188 bits per heavy atom. The minimum Gasteiger partial charge on any atom is -0.354 e. The lowest BCUT2D eigenvalue weighted by atomic mass is 9.96. The summed E-state index contributed by atoms with van der Waals surface area (Å²) in [6.07, 6.45) is 0. The lowest BCUT2D eigenvalue weighted by molar-refractivity contribution is 1.19. The van der Waals surface area contributed by atoms with Crippen molar-refractivity contribution in [1.82, 2.24) is 19.9 Å². The molecular weight excluding hydrogens is 777 g/mol. The van der Waals surface area contributed by atoms with Crippen LogP contribution in [0.3, 0.4) is 0 Å². The Kier molecular flexibility index (Phi) is 8.18. The zero-order valence-electron chi connectivity index (χ0n) is 34.8. The van der Waals surface area contributed by atoms with Crippen molar-refractivity contribution < 1.29 is 0 Å². The summed E-state index contributed by atoms with van der Waals surface area (Å²) in [7, 11) is 0. The van der Waals surface area contributed by atoms with Crippen LogP contribution in [0.15, 0.2) is 218 Å². The van der Waals surface area contributed by atoms with Gasteiger partial charge in [0, 0.05) is 66.5 Å². The second kappa shape index (κ2) is 14.5. The molecule has 0 unspecified atom stereocenters. The fourth-order valence-electron chi connectivity index (χ4n) is 10.3. The van der Waals surface area contributed by atoms with Crippen LogP contribution in [0.25, 0.3) is 65.4 Å². The molecule has 4 nitrogen and oxygen atoms in total. The van der Waals surface area contributed by atoms with Crippen LogP contribution in [0.1, 0.15) is 45.0 Å². The van der Waals surface area contributed by atoms with E-state index in [1.54, 1.807) is 0 Å². The van der Waals surface area contributed by atoms with Gasteiger partial charge in [-0.25, -0.2) is 0 Å². The Bertz CT molecular complexity index is 3550. The van der Waals surface area contributed by atoms with Crippen LogP contribution in [0, 0.1) is 0 Å². The molecule has 0 saturated heterocycles. The Hall–Kier alpha value is -8.60. The number of nitrogens with one attached hydrogen (secondary N) is 4. The highest BCUT2D eigenvalue weighted by Gasteiger charge is 2.21. The van der Waals surface area contributed by atoms with Crippen molar-refractivity contribution in [2.45, 2.75) is 0 Å². The summed E-state index contributed by atoms with van der Waals surface area (Å²) >= 11 is 0. The summed E-state index contributed by atoms with van der Waals surface area (Å²) in [6.45, 7) is 0. The highest BCUT2D eigenvalue weighted by molar-refractivity contribution is 6.01. The molecule has 4 aromatic heterocycles. The first-order valence-corrected chi connectivity index (χ1v) is 21.9. The van der Waals surface area contributed by atoms with Gasteiger partial charge in [-0.1, -0.05) is 170 Å². The Labute approximate surface area is 368 Å². The van der Waals surface area contributed by atoms with Crippen molar-refractivity contribution in [3.05, 3.63) is 285 Å². The minimum atomic E-state index is 1.02. The van der Waals surface area contributed by atoms with Gasteiger partial charge in [0.2, 0.25) is 0 Å². The van der Waals surface area contributed by atoms with Crippen LogP contribution in [-0.2, 0) is 0 Å². The molecule has 8 bridgehead atoms. The van der Waals surface area contributed by atoms with E-state index in [2.05, 4.69) is 238 Å². The molecule has 13 rings (SSSR count). The largest absolute Gasteiger partial charge is 0.354 e. The summed E-state index contributed by atoms with van der Waals surface area (Å²) in [5.74, 6) is 0. The molecule has 4 heteroatoms. The number of hydrogen-bond acceptors (Lipinski definition) is 0. The minimum absolute atomic E-state index is 1.02. The highest BCUT2D eigenvalue weighted by atomic mass is 14.8. The monoisotopic (exact) mass is 816 g/mol. The second-order valence-electron chi connectivity index (χ2n) is 16.7. The van der Waals surface area contributed by atoms with Crippen molar-refractivity contribution in [1.29, 1.82) is 0 Å². The number of aromatic amines is 4. The molecule has 0 fully saturated rings. The van der Waals surface area contributed by atoms with Crippen LogP contribution in [-0.4, -0.2) is 19.9 Å². The number of aromatic nitrogens is 4. The maximum absolute atomic E-state index is 4.02. The van der Waals surface area contributed by atoms with Crippen LogP contribution < -0.4 is 21.4 Å². The van der Waals surface area contributed by atoms with Crippen LogP contribution >= 0.6 is 0 Å². The summed E-state index contributed by atoms with van der Waals surface area (Å²) in [5.41, 5.74) is 13.1. The summed E-state index contributed by atoms with van der Waals surface area (Å²) in [5, 5.41) is 13.6. The molecule has 0 spiro atoms. The van der Waals surface area contributed by atoms with Crippen molar-refractivity contribution in [2.75, 3.05) is 0 Å². The molecule has 0 radical (unpaired) electrons. The smallest absolute Gasteiger partial charge is 0.0486 e. The zero-order valence-corrected chi connectivity index (χ0v) is 34.8. The van der Waals surface area contributed by atoms with Crippen LogP contribution in [0.4, 0.5) is 0 Å². The standard InChI is InChI=1S/C60H40N4/c1-5-21-41-37(13-1)17-9-25-45(41)57-49-29-31-51(61-49)58(46-26-10-18-38-14-2-6-22-42(38)46)53-33-35-55(63-53)60(48-28-12-20-40-16-4-8-24-44(40)48)56-36-34-54(64-56)59(52-32-30-50(57)62-52)47-27-11-19-39-15-3-7-23-43(39)47/h1-36,61-64H. The Morgan fingerprint density at radius 2 is 0.422 bits per heavy atom. The van der Waals surface area contributed by atoms with E-state index in [0.29, 0.717) is 0 Å². The molecule has 1 aliphatic heterocycles. The number of rotatable bonds is 4. The number of H-pyrrole nitrogens is 4. The van der Waals surface area contributed by atoms with Crippen LogP contribution in [0.2, 0.25) is 0 Å². The maximum atomic E-state index is 4.02. The molecule has 12 aromatic rings. The van der Waals surface area contributed by atoms with Crippen molar-refractivity contribution in [3.8, 4) is 0 Å². The fourth-order valence-corrected chi connectivity index (χ4v) is 10.3. The van der Waals surface area contributed by atoms with E-state index in [9.17, 15) is 0 Å². The SMILES string of the molecule is c1ccc2c(C3=c4ccc([nH]4)=C(c4cccc5ccccc45)c4ccc([nH]4)C(c4cccc5ccccc45)=c4ccc([nH]4)=C(c4cccc5ccccc45)c4ccc3[nH]4)cccc2c1. The van der Waals surface area contributed by atoms with Gasteiger partial charge in [-0.2, -0.15) is 0 Å². The van der Waals surface area contributed by atoms with Gasteiger partial charge in [-0.05, 0) is 114 Å². The lowest BCUT2D eigenvalue weighted by Crippen LogP contribution is -2.19. The molecule has 4 N–H and O–H groups in total. The van der Waals surface area contributed by atoms with Gasteiger partial charge in [0.25, 0.3) is 0 Å². The third-order valence-electron chi connectivity index (χ3n) is 13.1. The molecule has 0 saturated carbocycles. The van der Waals surface area contributed by atoms with E-state index < -0.39 is 0 Å². The molecule has 300 valence electrons. The zero-order chi connectivity index (χ0) is 42.1. The van der Waals surface area contributed by atoms with Gasteiger partial charge in [0.05, 0.1) is 0 Å². The number of hydrogen-bond donors (Lipinski definition) is 4. The van der Waals surface area contributed by atoms with Gasteiger partial charge in [-0.15, -0.1) is 0 Å². The molecule has 0 amide bonds. The van der Waals surface area contributed by atoms with E-state index in [0.717, 1.165) is 88.7 Å². The topological polar surface area (TPSA) is 63.2 Å². The average Bonchev–Trinajstić information content (AvgIpc) is 4.20. The molecule has 64 heavy (non-hydrogen) atoms. The molecule has 0 aliphatic carbocycles. The Morgan fingerprint density at radius 3 is 0.688 bits per heavy atom. The third-order valence-corrected chi connectivity index (χ3v) is 13.1. The predicted molar refractivity (Wildman–Crippen MR) is 264 cm³/mol. The second-order valence-corrected chi connectivity index (χ2v) is 16.7. The summed E-state index contributed by atoms with van der Waals surface area (Å²) in [6, 6.07) is 79.2. The molecule has 1 aliphatic rings. The van der Waals surface area contributed by atoms with Gasteiger partial charge in [-0.3, -0.25) is 0 Å². The highest BCUT2D eigenvalue weighted by Crippen LogP contribution is 2.34. The first-order chi connectivity index (χ1) is 31.7. The van der Waals surface area contributed by atoms with Gasteiger partial charge in [0.15, 0.2) is 0 Å². The van der Waals surface area contributed by atoms with E-state index in [1.807, 2.05) is 0 Å². The van der Waals surface area contributed by atoms with E-state index in [1.165, 1.54) is 43.1 Å². The number of benzene rings is 8. The van der Waals surface area contributed by atoms with E-state index in [4.69, 9.17) is 0 Å². The fraction of sp³-hybridized carbons (Fsp3) is 0. The summed E-state index contributed by atoms with van der Waals surface area (Å²) in [4.78, 5) is 16.1. The maximum Gasteiger partial charge on any atom is 0.0486 e. The van der Waals surface area contributed by atoms with Gasteiger partial charge < -0.3 is 19.9 Å². The van der Waals surface area contributed by atoms with E-state index >= 15 is 0 Å². The Balaban J connectivity index is 1.21. The lowest BCUT2D eigenvalue weighted by Gasteiger charge is -2.13. The number of fused-ring (bicyclic) bond motifs is 12. The molecule has 5 heterocycles. The predicted octanol–water partition coefficient (Wildman–Crippen LogP) is 10.9. The van der Waals surface area contributed by atoms with Crippen molar-refractivity contribution >= 4 is 65.4 Å².